The number of carbonyl (C=O) groups excluding carboxylic acids is 1. The van der Waals surface area contributed by atoms with Crippen molar-refractivity contribution in [1.29, 1.82) is 0 Å². The van der Waals surface area contributed by atoms with Gasteiger partial charge in [0.25, 0.3) is 5.91 Å². The van der Waals surface area contributed by atoms with E-state index in [9.17, 15) is 9.59 Å². The minimum Gasteiger partial charge on any atom is -0.450 e. The highest BCUT2D eigenvalue weighted by Crippen LogP contribution is 2.40. The van der Waals surface area contributed by atoms with Crippen LogP contribution in [0.4, 0.5) is 5.82 Å². The first kappa shape index (κ1) is 18.6. The highest BCUT2D eigenvalue weighted by Gasteiger charge is 2.44. The third kappa shape index (κ3) is 2.74. The van der Waals surface area contributed by atoms with Gasteiger partial charge in [0.1, 0.15) is 11.4 Å². The number of aryl methyl sites for hydroxylation is 2. The second kappa shape index (κ2) is 6.82. The summed E-state index contributed by atoms with van der Waals surface area (Å²) >= 11 is 6.07. The zero-order valence-corrected chi connectivity index (χ0v) is 17.1. The van der Waals surface area contributed by atoms with Crippen LogP contribution in [0.1, 0.15) is 38.9 Å². The van der Waals surface area contributed by atoms with E-state index < -0.39 is 6.04 Å². The number of nitrogens with zero attached hydrogens (tertiary/aromatic N) is 2. The Labute approximate surface area is 177 Å². The van der Waals surface area contributed by atoms with Gasteiger partial charge in [-0.2, -0.15) is 0 Å². The molecule has 0 saturated carbocycles. The highest BCUT2D eigenvalue weighted by molar-refractivity contribution is 6.30. The number of amides is 1. The van der Waals surface area contributed by atoms with Crippen LogP contribution in [-0.4, -0.2) is 10.9 Å². The van der Waals surface area contributed by atoms with Crippen LogP contribution < -0.4 is 10.3 Å². The summed E-state index contributed by atoms with van der Waals surface area (Å²) in [5, 5.41) is 1.04. The summed E-state index contributed by atoms with van der Waals surface area (Å²) in [6, 6.07) is 15.4. The summed E-state index contributed by atoms with van der Waals surface area (Å²) < 4.78 is 6.02. The quantitative estimate of drug-likeness (QED) is 0.450. The first-order chi connectivity index (χ1) is 14.5. The standard InChI is InChI=1S/C24H17ClN2O3/c1-13-11-17-18(12-14(13)2)30-23-20(22(17)28)21(15-6-8-16(25)9-7-15)27(24(23)29)19-5-3-4-10-26-19/h3-12,21H,1-2H3. The van der Waals surface area contributed by atoms with Gasteiger partial charge in [-0.15, -0.1) is 0 Å². The summed E-state index contributed by atoms with van der Waals surface area (Å²) in [5.41, 5.74) is 3.26. The van der Waals surface area contributed by atoms with Crippen molar-refractivity contribution >= 4 is 34.3 Å². The Balaban J connectivity index is 1.83. The number of pyridine rings is 1. The van der Waals surface area contributed by atoms with E-state index in [0.717, 1.165) is 16.7 Å². The van der Waals surface area contributed by atoms with E-state index in [0.29, 0.717) is 27.4 Å². The lowest BCUT2D eigenvalue weighted by atomic mass is 9.97. The number of anilines is 1. The molecule has 1 amide bonds. The predicted molar refractivity (Wildman–Crippen MR) is 116 cm³/mol. The third-order valence-corrected chi connectivity index (χ3v) is 5.82. The van der Waals surface area contributed by atoms with Gasteiger partial charge in [0, 0.05) is 11.2 Å². The fourth-order valence-electron chi connectivity index (χ4n) is 3.92. The molecular formula is C24H17ClN2O3. The van der Waals surface area contributed by atoms with Crippen molar-refractivity contribution in [2.45, 2.75) is 19.9 Å². The zero-order chi connectivity index (χ0) is 21.0. The Hall–Kier alpha value is -3.44. The molecule has 0 radical (unpaired) electrons. The molecule has 2 aromatic carbocycles. The number of benzene rings is 2. The van der Waals surface area contributed by atoms with Gasteiger partial charge in [-0.25, -0.2) is 4.98 Å². The Morgan fingerprint density at radius 3 is 2.43 bits per heavy atom. The molecule has 6 heteroatoms. The summed E-state index contributed by atoms with van der Waals surface area (Å²) in [5.74, 6) is 0.118. The zero-order valence-electron chi connectivity index (χ0n) is 16.3. The average Bonchev–Trinajstić information content (AvgIpc) is 3.04. The predicted octanol–water partition coefficient (Wildman–Crippen LogP) is 5.21. The lowest BCUT2D eigenvalue weighted by Gasteiger charge is -2.24. The summed E-state index contributed by atoms with van der Waals surface area (Å²) in [6.07, 6.45) is 1.61. The van der Waals surface area contributed by atoms with Crippen LogP contribution in [0.5, 0.6) is 0 Å². The van der Waals surface area contributed by atoms with E-state index in [1.54, 1.807) is 42.6 Å². The van der Waals surface area contributed by atoms with Gasteiger partial charge in [-0.3, -0.25) is 14.5 Å². The lowest BCUT2D eigenvalue weighted by Crippen LogP contribution is -2.30. The van der Waals surface area contributed by atoms with Gasteiger partial charge in [0.05, 0.1) is 17.0 Å². The first-order valence-corrected chi connectivity index (χ1v) is 9.91. The maximum atomic E-state index is 13.6. The maximum absolute atomic E-state index is 13.6. The largest absolute Gasteiger partial charge is 0.450 e. The number of hydrogen-bond donors (Lipinski definition) is 0. The molecule has 0 N–H and O–H groups in total. The van der Waals surface area contributed by atoms with Crippen molar-refractivity contribution in [3.63, 3.8) is 0 Å². The summed E-state index contributed by atoms with van der Waals surface area (Å²) in [4.78, 5) is 32.9. The molecule has 0 fully saturated rings. The number of rotatable bonds is 2. The van der Waals surface area contributed by atoms with Crippen LogP contribution in [0, 0.1) is 13.8 Å². The molecule has 1 unspecified atom stereocenters. The second-order valence-corrected chi connectivity index (χ2v) is 7.86. The molecule has 148 valence electrons. The molecule has 0 aliphatic carbocycles. The van der Waals surface area contributed by atoms with E-state index >= 15 is 0 Å². The SMILES string of the molecule is Cc1cc2oc3c(c(=O)c2cc1C)C(c1ccc(Cl)cc1)N(c1ccccn1)C3=O. The van der Waals surface area contributed by atoms with E-state index in [-0.39, 0.29) is 17.1 Å². The minimum atomic E-state index is -0.651. The van der Waals surface area contributed by atoms with Crippen molar-refractivity contribution in [3.05, 3.63) is 104 Å². The van der Waals surface area contributed by atoms with E-state index in [1.165, 1.54) is 4.90 Å². The topological polar surface area (TPSA) is 63.4 Å². The van der Waals surface area contributed by atoms with Crippen molar-refractivity contribution < 1.29 is 9.21 Å². The summed E-state index contributed by atoms with van der Waals surface area (Å²) in [7, 11) is 0. The molecule has 4 aromatic rings. The molecule has 1 aliphatic rings. The number of fused-ring (bicyclic) bond motifs is 2. The molecule has 0 saturated heterocycles. The van der Waals surface area contributed by atoms with Crippen molar-refractivity contribution in [1.82, 2.24) is 4.98 Å². The molecule has 0 spiro atoms. The van der Waals surface area contributed by atoms with Crippen LogP contribution in [0.2, 0.25) is 5.02 Å². The lowest BCUT2D eigenvalue weighted by molar-refractivity contribution is 0.0970. The second-order valence-electron chi connectivity index (χ2n) is 7.42. The minimum absolute atomic E-state index is 0.0568. The van der Waals surface area contributed by atoms with Gasteiger partial charge < -0.3 is 4.42 Å². The van der Waals surface area contributed by atoms with Gasteiger partial charge in [-0.05, 0) is 66.9 Å². The molecule has 0 bridgehead atoms. The maximum Gasteiger partial charge on any atom is 0.296 e. The van der Waals surface area contributed by atoms with Crippen LogP contribution >= 0.6 is 11.6 Å². The van der Waals surface area contributed by atoms with E-state index in [4.69, 9.17) is 16.0 Å². The molecule has 3 heterocycles. The highest BCUT2D eigenvalue weighted by atomic mass is 35.5. The number of aromatic nitrogens is 1. The molecule has 1 aliphatic heterocycles. The third-order valence-electron chi connectivity index (χ3n) is 5.57. The molecule has 1 atom stereocenters. The van der Waals surface area contributed by atoms with Crippen LogP contribution in [0.3, 0.4) is 0 Å². The normalized spacial score (nSPS) is 15.6. The van der Waals surface area contributed by atoms with Crippen molar-refractivity contribution in [2.75, 3.05) is 4.90 Å². The molecular weight excluding hydrogens is 400 g/mol. The van der Waals surface area contributed by atoms with Crippen molar-refractivity contribution in [3.8, 4) is 0 Å². The van der Waals surface area contributed by atoms with Crippen LogP contribution in [0.15, 0.2) is 70.0 Å². The Bertz CT molecular complexity index is 1360. The molecule has 2 aromatic heterocycles. The van der Waals surface area contributed by atoms with E-state index in [2.05, 4.69) is 4.98 Å². The molecule has 30 heavy (non-hydrogen) atoms. The first-order valence-electron chi connectivity index (χ1n) is 9.53. The Morgan fingerprint density at radius 2 is 1.73 bits per heavy atom. The Kier molecular flexibility index (Phi) is 4.22. The van der Waals surface area contributed by atoms with Gasteiger partial charge >= 0.3 is 0 Å². The van der Waals surface area contributed by atoms with Gasteiger partial charge in [-0.1, -0.05) is 29.8 Å². The fraction of sp³-hybridized carbons (Fsp3) is 0.125. The van der Waals surface area contributed by atoms with Crippen LogP contribution in [0.25, 0.3) is 11.0 Å². The number of halogens is 1. The average molecular weight is 417 g/mol. The summed E-state index contributed by atoms with van der Waals surface area (Å²) in [6.45, 7) is 3.89. The fourth-order valence-corrected chi connectivity index (χ4v) is 4.05. The van der Waals surface area contributed by atoms with Gasteiger partial charge in [0.2, 0.25) is 5.76 Å². The number of hydrogen-bond acceptors (Lipinski definition) is 4. The molecule has 5 rings (SSSR count). The smallest absolute Gasteiger partial charge is 0.296 e. The Morgan fingerprint density at radius 1 is 1.00 bits per heavy atom. The molecule has 5 nitrogen and oxygen atoms in total. The van der Waals surface area contributed by atoms with Crippen LogP contribution in [-0.2, 0) is 0 Å². The number of carbonyl (C=O) groups is 1. The van der Waals surface area contributed by atoms with E-state index in [1.807, 2.05) is 32.0 Å². The monoisotopic (exact) mass is 416 g/mol. The van der Waals surface area contributed by atoms with Gasteiger partial charge in [0.15, 0.2) is 5.43 Å². The van der Waals surface area contributed by atoms with Crippen molar-refractivity contribution in [2.24, 2.45) is 0 Å².